The lowest BCUT2D eigenvalue weighted by atomic mass is 10.1. The average Bonchev–Trinajstić information content (AvgIpc) is 3.22. The molecule has 0 aliphatic rings. The minimum atomic E-state index is -0.600. The van der Waals surface area contributed by atoms with Crippen molar-refractivity contribution in [1.82, 2.24) is 24.9 Å². The van der Waals surface area contributed by atoms with Gasteiger partial charge >= 0.3 is 5.69 Å². The monoisotopic (exact) mass is 541 g/mol. The Morgan fingerprint density at radius 3 is 2.76 bits per heavy atom. The van der Waals surface area contributed by atoms with Gasteiger partial charge in [-0.1, -0.05) is 33.6 Å². The van der Waals surface area contributed by atoms with Crippen LogP contribution in [0.2, 0.25) is 5.02 Å². The second-order valence-corrected chi connectivity index (χ2v) is 8.32. The van der Waals surface area contributed by atoms with Gasteiger partial charge in [0.25, 0.3) is 0 Å². The molecular weight excluding hydrogens is 526 g/mol. The highest BCUT2D eigenvalue weighted by Gasteiger charge is 2.17. The van der Waals surface area contributed by atoms with Crippen LogP contribution in [0.5, 0.6) is 0 Å². The number of nitrogens with two attached hydrogens (primary N) is 1. The SMILES string of the molecule is Cc1c[nH]c(-c2cnc(NCC=Nc3ccc([N+](=O)[O-])c(N)n3)nc2-c2ccc(Br)cc2Cl)n1. The van der Waals surface area contributed by atoms with E-state index in [9.17, 15) is 10.1 Å². The fourth-order valence-electron chi connectivity index (χ4n) is 3.04. The molecule has 13 heteroatoms. The number of benzene rings is 1. The molecule has 1 aromatic carbocycles. The topological polar surface area (TPSA) is 161 Å². The predicted octanol–water partition coefficient (Wildman–Crippen LogP) is 4.96. The van der Waals surface area contributed by atoms with Crippen molar-refractivity contribution in [2.24, 2.45) is 4.99 Å². The summed E-state index contributed by atoms with van der Waals surface area (Å²) in [6.07, 6.45) is 4.99. The number of anilines is 2. The van der Waals surface area contributed by atoms with Gasteiger partial charge in [-0.2, -0.15) is 0 Å². The van der Waals surface area contributed by atoms with Crippen LogP contribution < -0.4 is 11.1 Å². The van der Waals surface area contributed by atoms with Gasteiger partial charge in [0.2, 0.25) is 11.8 Å². The van der Waals surface area contributed by atoms with Crippen LogP contribution in [0.1, 0.15) is 5.69 Å². The highest BCUT2D eigenvalue weighted by atomic mass is 79.9. The van der Waals surface area contributed by atoms with Crippen molar-refractivity contribution in [1.29, 1.82) is 0 Å². The number of hydrogen-bond donors (Lipinski definition) is 3. The van der Waals surface area contributed by atoms with Gasteiger partial charge in [0.1, 0.15) is 5.82 Å². The summed E-state index contributed by atoms with van der Waals surface area (Å²) in [5.74, 6) is 1.03. The maximum absolute atomic E-state index is 10.8. The van der Waals surface area contributed by atoms with Crippen LogP contribution in [0.25, 0.3) is 22.6 Å². The number of aromatic amines is 1. The third-order valence-electron chi connectivity index (χ3n) is 4.60. The first-order chi connectivity index (χ1) is 16.3. The Hall–Kier alpha value is -3.90. The van der Waals surface area contributed by atoms with Crippen LogP contribution in [0, 0.1) is 17.0 Å². The van der Waals surface area contributed by atoms with Gasteiger partial charge in [-0.3, -0.25) is 10.1 Å². The molecule has 0 bridgehead atoms. The summed E-state index contributed by atoms with van der Waals surface area (Å²) in [5.41, 5.74) is 8.18. The maximum atomic E-state index is 10.8. The number of pyridine rings is 1. The number of hydrogen-bond acceptors (Lipinski definition) is 9. The molecule has 0 radical (unpaired) electrons. The zero-order valence-electron chi connectivity index (χ0n) is 17.7. The quantitative estimate of drug-likeness (QED) is 0.168. The minimum absolute atomic E-state index is 0.198. The summed E-state index contributed by atoms with van der Waals surface area (Å²) in [5, 5.41) is 14.4. The van der Waals surface area contributed by atoms with Crippen molar-refractivity contribution >= 4 is 57.0 Å². The summed E-state index contributed by atoms with van der Waals surface area (Å²) >= 11 is 9.92. The summed E-state index contributed by atoms with van der Waals surface area (Å²) in [6, 6.07) is 8.20. The number of H-pyrrole nitrogens is 1. The first kappa shape index (κ1) is 23.3. The van der Waals surface area contributed by atoms with E-state index in [1.807, 2.05) is 19.1 Å². The Bertz CT molecular complexity index is 1410. The number of aryl methyl sites for hydroxylation is 1. The van der Waals surface area contributed by atoms with Gasteiger partial charge in [0.05, 0.1) is 33.4 Å². The number of halogens is 2. The summed E-state index contributed by atoms with van der Waals surface area (Å²) in [6.45, 7) is 2.15. The Morgan fingerprint density at radius 1 is 1.26 bits per heavy atom. The molecule has 172 valence electrons. The number of nitrogen functional groups attached to an aromatic ring is 1. The minimum Gasteiger partial charge on any atom is -0.378 e. The highest BCUT2D eigenvalue weighted by molar-refractivity contribution is 9.10. The van der Waals surface area contributed by atoms with E-state index in [0.29, 0.717) is 28.1 Å². The molecule has 0 aliphatic heterocycles. The largest absolute Gasteiger partial charge is 0.378 e. The molecule has 4 aromatic rings. The zero-order chi connectivity index (χ0) is 24.2. The van der Waals surface area contributed by atoms with Gasteiger partial charge in [-0.15, -0.1) is 0 Å². The molecule has 0 atom stereocenters. The van der Waals surface area contributed by atoms with E-state index in [2.05, 4.69) is 51.2 Å². The summed E-state index contributed by atoms with van der Waals surface area (Å²) in [7, 11) is 0. The van der Waals surface area contributed by atoms with Crippen molar-refractivity contribution in [2.45, 2.75) is 6.92 Å². The third-order valence-corrected chi connectivity index (χ3v) is 5.40. The van der Waals surface area contributed by atoms with Crippen molar-refractivity contribution in [3.05, 3.63) is 68.0 Å². The number of nitrogens with one attached hydrogen (secondary N) is 2. The molecule has 34 heavy (non-hydrogen) atoms. The van der Waals surface area contributed by atoms with Crippen LogP contribution in [0.4, 0.5) is 23.3 Å². The van der Waals surface area contributed by atoms with Crippen LogP contribution in [0.3, 0.4) is 0 Å². The van der Waals surface area contributed by atoms with Crippen molar-refractivity contribution < 1.29 is 4.92 Å². The second-order valence-electron chi connectivity index (χ2n) is 6.99. The number of aromatic nitrogens is 5. The highest BCUT2D eigenvalue weighted by Crippen LogP contribution is 2.35. The van der Waals surface area contributed by atoms with Crippen molar-refractivity contribution in [3.63, 3.8) is 0 Å². The Labute approximate surface area is 206 Å². The van der Waals surface area contributed by atoms with E-state index in [-0.39, 0.29) is 23.9 Å². The normalized spacial score (nSPS) is 11.1. The molecule has 0 saturated heterocycles. The third kappa shape index (κ3) is 5.18. The Kier molecular flexibility index (Phi) is 6.80. The molecular formula is C21H17BrClN9O2. The molecule has 0 amide bonds. The molecule has 0 saturated carbocycles. The number of nitro groups is 1. The van der Waals surface area contributed by atoms with E-state index in [1.54, 1.807) is 18.5 Å². The first-order valence-electron chi connectivity index (χ1n) is 9.84. The predicted molar refractivity (Wildman–Crippen MR) is 134 cm³/mol. The molecule has 0 aliphatic carbocycles. The lowest BCUT2D eigenvalue weighted by molar-refractivity contribution is -0.384. The van der Waals surface area contributed by atoms with Gasteiger partial charge in [-0.05, 0) is 25.1 Å². The maximum Gasteiger partial charge on any atom is 0.311 e. The molecule has 3 aromatic heterocycles. The molecule has 0 fully saturated rings. The second kappa shape index (κ2) is 9.93. The van der Waals surface area contributed by atoms with Crippen molar-refractivity contribution in [3.8, 4) is 22.6 Å². The van der Waals surface area contributed by atoms with Crippen LogP contribution in [-0.2, 0) is 0 Å². The zero-order valence-corrected chi connectivity index (χ0v) is 20.0. The fraction of sp³-hybridized carbons (Fsp3) is 0.0952. The average molecular weight is 543 g/mol. The standard InChI is InChI=1S/C21H17BrClN9O2/c1-11-9-27-20(29-11)14-10-28-21(31-18(14)13-3-2-12(22)8-15(13)23)26-7-6-25-17-5-4-16(32(33)34)19(24)30-17/h2-6,8-10H,7H2,1H3,(H2,24,30)(H,27,29)(H,26,28,31). The molecule has 4 N–H and O–H groups in total. The Morgan fingerprint density at radius 2 is 2.09 bits per heavy atom. The lowest BCUT2D eigenvalue weighted by Gasteiger charge is -2.11. The number of aliphatic imine (C=N–C) groups is 1. The molecule has 4 rings (SSSR count). The van der Waals surface area contributed by atoms with Crippen LogP contribution in [0.15, 0.2) is 52.2 Å². The van der Waals surface area contributed by atoms with E-state index < -0.39 is 4.92 Å². The molecule has 11 nitrogen and oxygen atoms in total. The van der Waals surface area contributed by atoms with Crippen LogP contribution >= 0.6 is 27.5 Å². The first-order valence-corrected chi connectivity index (χ1v) is 11.0. The van der Waals surface area contributed by atoms with Crippen molar-refractivity contribution in [2.75, 3.05) is 17.6 Å². The van der Waals surface area contributed by atoms with Gasteiger partial charge in [0.15, 0.2) is 5.82 Å². The van der Waals surface area contributed by atoms with E-state index in [4.69, 9.17) is 17.3 Å². The number of nitrogens with zero attached hydrogens (tertiary/aromatic N) is 6. The van der Waals surface area contributed by atoms with Crippen LogP contribution in [-0.4, -0.2) is 42.6 Å². The van der Waals surface area contributed by atoms with Gasteiger partial charge in [0, 0.05) is 34.7 Å². The fourth-order valence-corrected chi connectivity index (χ4v) is 3.80. The van der Waals surface area contributed by atoms with E-state index in [1.165, 1.54) is 18.3 Å². The Balaban J connectivity index is 1.58. The number of imidazole rings is 1. The summed E-state index contributed by atoms with van der Waals surface area (Å²) < 4.78 is 0.848. The summed E-state index contributed by atoms with van der Waals surface area (Å²) in [4.78, 5) is 35.0. The smallest absolute Gasteiger partial charge is 0.311 e. The molecule has 0 spiro atoms. The van der Waals surface area contributed by atoms with Gasteiger partial charge in [-0.25, -0.2) is 24.9 Å². The molecule has 0 unspecified atom stereocenters. The molecule has 3 heterocycles. The van der Waals surface area contributed by atoms with E-state index >= 15 is 0 Å². The van der Waals surface area contributed by atoms with Gasteiger partial charge < -0.3 is 16.0 Å². The number of rotatable bonds is 7. The lowest BCUT2D eigenvalue weighted by Crippen LogP contribution is -2.07. The van der Waals surface area contributed by atoms with E-state index in [0.717, 1.165) is 15.7 Å².